The van der Waals surface area contributed by atoms with Gasteiger partial charge in [0.2, 0.25) is 15.9 Å². The lowest BCUT2D eigenvalue weighted by Gasteiger charge is -2.25. The molecule has 0 atom stereocenters. The van der Waals surface area contributed by atoms with Gasteiger partial charge in [0.25, 0.3) is 5.91 Å². The summed E-state index contributed by atoms with van der Waals surface area (Å²) in [4.78, 5) is 24.5. The fourth-order valence-corrected chi connectivity index (χ4v) is 4.90. The average Bonchev–Trinajstić information content (AvgIpc) is 2.77. The predicted octanol–water partition coefficient (Wildman–Crippen LogP) is 2.22. The third-order valence-corrected chi connectivity index (χ3v) is 7.08. The van der Waals surface area contributed by atoms with Crippen molar-refractivity contribution in [1.82, 2.24) is 14.9 Å². The fourth-order valence-electron chi connectivity index (χ4n) is 3.38. The second-order valence-corrected chi connectivity index (χ2v) is 9.32. The Labute approximate surface area is 177 Å². The molecule has 1 aliphatic rings. The van der Waals surface area contributed by atoms with E-state index in [1.54, 1.807) is 36.4 Å². The molecule has 1 heterocycles. The summed E-state index contributed by atoms with van der Waals surface area (Å²) in [7, 11) is -3.46. The molecule has 1 saturated heterocycles. The van der Waals surface area contributed by atoms with Crippen LogP contribution in [0, 0.1) is 6.92 Å². The fraction of sp³-hybridized carbons (Fsp3) is 0.364. The Balaban J connectivity index is 1.49. The SMILES string of the molecule is Cc1ccccc1C(=O)NCC(=O)NCc1ccc(S(=O)(=O)N2CCCCC2)cc1. The lowest BCUT2D eigenvalue weighted by atomic mass is 10.1. The Morgan fingerprint density at radius 3 is 2.27 bits per heavy atom. The molecule has 0 aromatic heterocycles. The first-order chi connectivity index (χ1) is 14.4. The van der Waals surface area contributed by atoms with Crippen LogP contribution in [0.15, 0.2) is 53.4 Å². The highest BCUT2D eigenvalue weighted by atomic mass is 32.2. The van der Waals surface area contributed by atoms with Crippen LogP contribution in [-0.4, -0.2) is 44.2 Å². The van der Waals surface area contributed by atoms with Gasteiger partial charge in [-0.1, -0.05) is 36.8 Å². The van der Waals surface area contributed by atoms with Crippen LogP contribution >= 0.6 is 0 Å². The summed E-state index contributed by atoms with van der Waals surface area (Å²) >= 11 is 0. The molecular weight excluding hydrogens is 402 g/mol. The monoisotopic (exact) mass is 429 g/mol. The molecule has 2 aromatic rings. The molecular formula is C22H27N3O4S. The Hall–Kier alpha value is -2.71. The average molecular weight is 430 g/mol. The molecule has 2 aromatic carbocycles. The van der Waals surface area contributed by atoms with E-state index in [0.29, 0.717) is 18.7 Å². The van der Waals surface area contributed by atoms with Gasteiger partial charge in [-0.2, -0.15) is 4.31 Å². The van der Waals surface area contributed by atoms with Crippen LogP contribution < -0.4 is 10.6 Å². The third kappa shape index (κ3) is 5.46. The van der Waals surface area contributed by atoms with Gasteiger partial charge in [0.1, 0.15) is 0 Å². The maximum atomic E-state index is 12.7. The van der Waals surface area contributed by atoms with E-state index in [0.717, 1.165) is 30.4 Å². The van der Waals surface area contributed by atoms with Crippen molar-refractivity contribution in [2.24, 2.45) is 0 Å². The number of nitrogens with zero attached hydrogens (tertiary/aromatic N) is 1. The van der Waals surface area contributed by atoms with Crippen molar-refractivity contribution in [3.05, 3.63) is 65.2 Å². The van der Waals surface area contributed by atoms with Crippen LogP contribution in [0.25, 0.3) is 0 Å². The van der Waals surface area contributed by atoms with Crippen LogP contribution in [0.1, 0.15) is 40.7 Å². The standard InChI is InChI=1S/C22H27N3O4S/c1-17-7-3-4-8-20(17)22(27)24-16-21(26)23-15-18-9-11-19(12-10-18)30(28,29)25-13-5-2-6-14-25/h3-4,7-12H,2,5-6,13-16H2,1H3,(H,23,26)(H,24,27). The zero-order valence-electron chi connectivity index (χ0n) is 17.1. The second-order valence-electron chi connectivity index (χ2n) is 7.38. The first kappa shape index (κ1) is 22.0. The molecule has 30 heavy (non-hydrogen) atoms. The minimum atomic E-state index is -3.46. The van der Waals surface area contributed by atoms with Crippen molar-refractivity contribution >= 4 is 21.8 Å². The highest BCUT2D eigenvalue weighted by molar-refractivity contribution is 7.89. The Kier molecular flexibility index (Phi) is 7.23. The number of rotatable bonds is 7. The number of sulfonamides is 1. The van der Waals surface area contributed by atoms with Crippen molar-refractivity contribution in [3.63, 3.8) is 0 Å². The highest BCUT2D eigenvalue weighted by Crippen LogP contribution is 2.20. The van der Waals surface area contributed by atoms with Gasteiger partial charge in [0, 0.05) is 25.2 Å². The van der Waals surface area contributed by atoms with Gasteiger partial charge >= 0.3 is 0 Å². The van der Waals surface area contributed by atoms with E-state index in [2.05, 4.69) is 10.6 Å². The van der Waals surface area contributed by atoms with Crippen molar-refractivity contribution < 1.29 is 18.0 Å². The van der Waals surface area contributed by atoms with Crippen molar-refractivity contribution in [2.75, 3.05) is 19.6 Å². The number of hydrogen-bond acceptors (Lipinski definition) is 4. The Bertz CT molecular complexity index is 997. The van der Waals surface area contributed by atoms with Gasteiger partial charge in [-0.3, -0.25) is 9.59 Å². The van der Waals surface area contributed by atoms with Gasteiger partial charge in [-0.15, -0.1) is 0 Å². The maximum Gasteiger partial charge on any atom is 0.251 e. The zero-order valence-corrected chi connectivity index (χ0v) is 17.9. The van der Waals surface area contributed by atoms with Crippen LogP contribution in [0.4, 0.5) is 0 Å². The zero-order chi connectivity index (χ0) is 21.6. The predicted molar refractivity (Wildman–Crippen MR) is 114 cm³/mol. The molecule has 2 amide bonds. The summed E-state index contributed by atoms with van der Waals surface area (Å²) in [5.41, 5.74) is 2.16. The molecule has 3 rings (SSSR count). The maximum absolute atomic E-state index is 12.7. The molecule has 0 aliphatic carbocycles. The molecule has 1 aliphatic heterocycles. The quantitative estimate of drug-likeness (QED) is 0.705. The third-order valence-electron chi connectivity index (χ3n) is 5.17. The lowest BCUT2D eigenvalue weighted by Crippen LogP contribution is -2.37. The number of amides is 2. The number of nitrogens with one attached hydrogen (secondary N) is 2. The van der Waals surface area contributed by atoms with Crippen LogP contribution in [0.3, 0.4) is 0 Å². The minimum Gasteiger partial charge on any atom is -0.350 e. The summed E-state index contributed by atoms with van der Waals surface area (Å²) in [6, 6.07) is 13.7. The highest BCUT2D eigenvalue weighted by Gasteiger charge is 2.25. The van der Waals surface area contributed by atoms with E-state index in [1.165, 1.54) is 4.31 Å². The van der Waals surface area contributed by atoms with E-state index in [-0.39, 0.29) is 29.8 Å². The first-order valence-electron chi connectivity index (χ1n) is 10.1. The smallest absolute Gasteiger partial charge is 0.251 e. The number of aryl methyl sites for hydroxylation is 1. The van der Waals surface area contributed by atoms with Crippen molar-refractivity contribution in [2.45, 2.75) is 37.6 Å². The number of carbonyl (C=O) groups excluding carboxylic acids is 2. The molecule has 8 heteroatoms. The topological polar surface area (TPSA) is 95.6 Å². The van der Waals surface area contributed by atoms with Crippen molar-refractivity contribution in [3.8, 4) is 0 Å². The van der Waals surface area contributed by atoms with Gasteiger partial charge in [0.05, 0.1) is 11.4 Å². The molecule has 0 radical (unpaired) electrons. The van der Waals surface area contributed by atoms with E-state index in [4.69, 9.17) is 0 Å². The lowest BCUT2D eigenvalue weighted by molar-refractivity contribution is -0.120. The molecule has 1 fully saturated rings. The number of piperidine rings is 1. The molecule has 0 saturated carbocycles. The Morgan fingerprint density at radius 2 is 1.60 bits per heavy atom. The van der Waals surface area contributed by atoms with E-state index < -0.39 is 10.0 Å². The summed E-state index contributed by atoms with van der Waals surface area (Å²) < 4.78 is 26.9. The van der Waals surface area contributed by atoms with E-state index >= 15 is 0 Å². The minimum absolute atomic E-state index is 0.130. The summed E-state index contributed by atoms with van der Waals surface area (Å²) in [5.74, 6) is -0.613. The normalized spacial score (nSPS) is 14.8. The van der Waals surface area contributed by atoms with Crippen LogP contribution in [0.5, 0.6) is 0 Å². The molecule has 0 unspecified atom stereocenters. The molecule has 7 nitrogen and oxygen atoms in total. The van der Waals surface area contributed by atoms with Crippen LogP contribution in [-0.2, 0) is 21.4 Å². The molecule has 160 valence electrons. The van der Waals surface area contributed by atoms with Crippen molar-refractivity contribution in [1.29, 1.82) is 0 Å². The Morgan fingerprint density at radius 1 is 0.933 bits per heavy atom. The summed E-state index contributed by atoms with van der Waals surface area (Å²) in [5, 5.41) is 5.33. The van der Waals surface area contributed by atoms with Crippen LogP contribution in [0.2, 0.25) is 0 Å². The van der Waals surface area contributed by atoms with E-state index in [9.17, 15) is 18.0 Å². The summed E-state index contributed by atoms with van der Waals surface area (Å²) in [6.45, 7) is 3.09. The second kappa shape index (κ2) is 9.86. The van der Waals surface area contributed by atoms with E-state index in [1.807, 2.05) is 19.1 Å². The number of carbonyl (C=O) groups is 2. The van der Waals surface area contributed by atoms with Gasteiger partial charge in [-0.25, -0.2) is 8.42 Å². The first-order valence-corrected chi connectivity index (χ1v) is 11.5. The van der Waals surface area contributed by atoms with Gasteiger partial charge in [-0.05, 0) is 49.1 Å². The molecule has 0 spiro atoms. The van der Waals surface area contributed by atoms with Gasteiger partial charge in [0.15, 0.2) is 0 Å². The largest absolute Gasteiger partial charge is 0.350 e. The van der Waals surface area contributed by atoms with Gasteiger partial charge < -0.3 is 10.6 Å². The molecule has 2 N–H and O–H groups in total. The number of benzene rings is 2. The molecule has 0 bridgehead atoms. The number of hydrogen-bond donors (Lipinski definition) is 2. The summed E-state index contributed by atoms with van der Waals surface area (Å²) in [6.07, 6.45) is 2.85.